The third-order valence-corrected chi connectivity index (χ3v) is 4.24. The van der Waals surface area contributed by atoms with E-state index in [1.807, 2.05) is 30.3 Å². The molecule has 0 saturated carbocycles. The van der Waals surface area contributed by atoms with Crippen LogP contribution in [0.5, 0.6) is 0 Å². The highest BCUT2D eigenvalue weighted by molar-refractivity contribution is 6.03. The van der Waals surface area contributed by atoms with Gasteiger partial charge in [-0.05, 0) is 26.0 Å². The van der Waals surface area contributed by atoms with Crippen molar-refractivity contribution in [2.24, 2.45) is 0 Å². The van der Waals surface area contributed by atoms with Crippen LogP contribution in [-0.4, -0.2) is 27.1 Å². The molecule has 0 N–H and O–H groups in total. The quantitative estimate of drug-likeness (QED) is 0.491. The first kappa shape index (κ1) is 17.7. The zero-order valence-electron chi connectivity index (χ0n) is 15.3. The zero-order chi connectivity index (χ0) is 19.7. The smallest absolute Gasteiger partial charge is 0.342 e. The van der Waals surface area contributed by atoms with Gasteiger partial charge in [0.15, 0.2) is 0 Å². The van der Waals surface area contributed by atoms with Crippen LogP contribution >= 0.6 is 0 Å². The molecule has 1 aromatic carbocycles. The van der Waals surface area contributed by atoms with Crippen molar-refractivity contribution in [1.82, 2.24) is 14.5 Å². The highest BCUT2D eigenvalue weighted by atomic mass is 16.5. The number of oxazole rings is 1. The lowest BCUT2D eigenvalue weighted by Crippen LogP contribution is -2.22. The number of hydrogen-bond acceptors (Lipinski definition) is 7. The lowest BCUT2D eigenvalue weighted by atomic mass is 10.2. The molecule has 3 aromatic heterocycles. The Balaban J connectivity index is 1.71. The maximum atomic E-state index is 12.9. The summed E-state index contributed by atoms with van der Waals surface area (Å²) in [5, 5.41) is 0.102. The van der Waals surface area contributed by atoms with Gasteiger partial charge >= 0.3 is 5.97 Å². The van der Waals surface area contributed by atoms with E-state index in [1.54, 1.807) is 13.8 Å². The molecule has 0 aliphatic rings. The van der Waals surface area contributed by atoms with Gasteiger partial charge < -0.3 is 13.6 Å². The van der Waals surface area contributed by atoms with E-state index in [1.165, 1.54) is 17.2 Å². The second-order valence-corrected chi connectivity index (χ2v) is 6.12. The summed E-state index contributed by atoms with van der Waals surface area (Å²) in [5.74, 6) is 0.149. The van der Waals surface area contributed by atoms with Crippen molar-refractivity contribution >= 4 is 17.1 Å². The molecule has 0 unspecified atom stereocenters. The summed E-state index contributed by atoms with van der Waals surface area (Å²) in [6, 6.07) is 9.45. The SMILES string of the molecule is CCOC(=O)c1c(C)oc2ncn(Cc3coc(-c4ccccc4)n3)c(=O)c12. The lowest BCUT2D eigenvalue weighted by Gasteiger charge is -2.03. The number of nitrogens with zero attached hydrogens (tertiary/aromatic N) is 3. The predicted molar refractivity (Wildman–Crippen MR) is 100 cm³/mol. The van der Waals surface area contributed by atoms with Gasteiger partial charge in [0.05, 0.1) is 18.8 Å². The fourth-order valence-corrected chi connectivity index (χ4v) is 2.97. The number of carbonyl (C=O) groups is 1. The van der Waals surface area contributed by atoms with E-state index in [0.717, 1.165) is 5.56 Å². The van der Waals surface area contributed by atoms with E-state index in [2.05, 4.69) is 9.97 Å². The number of esters is 1. The van der Waals surface area contributed by atoms with E-state index in [-0.39, 0.29) is 29.8 Å². The molecule has 0 bridgehead atoms. The summed E-state index contributed by atoms with van der Waals surface area (Å²) in [7, 11) is 0. The second-order valence-electron chi connectivity index (χ2n) is 6.12. The molecule has 28 heavy (non-hydrogen) atoms. The molecule has 0 amide bonds. The molecule has 0 saturated heterocycles. The second kappa shape index (κ2) is 7.15. The van der Waals surface area contributed by atoms with Gasteiger partial charge in [0, 0.05) is 5.56 Å². The number of furan rings is 1. The van der Waals surface area contributed by atoms with Crippen molar-refractivity contribution in [3.05, 3.63) is 70.3 Å². The minimum atomic E-state index is -0.608. The largest absolute Gasteiger partial charge is 0.462 e. The van der Waals surface area contributed by atoms with Gasteiger partial charge in [-0.1, -0.05) is 18.2 Å². The molecule has 3 heterocycles. The average molecular weight is 379 g/mol. The third-order valence-electron chi connectivity index (χ3n) is 4.24. The Morgan fingerprint density at radius 2 is 2.04 bits per heavy atom. The minimum Gasteiger partial charge on any atom is -0.462 e. The highest BCUT2D eigenvalue weighted by Gasteiger charge is 2.24. The number of rotatable bonds is 5. The number of fused-ring (bicyclic) bond motifs is 1. The van der Waals surface area contributed by atoms with Crippen LogP contribution in [0.3, 0.4) is 0 Å². The first-order valence-corrected chi connectivity index (χ1v) is 8.74. The molecule has 4 rings (SSSR count). The normalized spacial score (nSPS) is 11.1. The number of aromatic nitrogens is 3. The van der Waals surface area contributed by atoms with Crippen LogP contribution < -0.4 is 5.56 Å². The fourth-order valence-electron chi connectivity index (χ4n) is 2.97. The van der Waals surface area contributed by atoms with Gasteiger partial charge in [-0.25, -0.2) is 14.8 Å². The summed E-state index contributed by atoms with van der Waals surface area (Å²) >= 11 is 0. The molecule has 142 valence electrons. The van der Waals surface area contributed by atoms with E-state index in [9.17, 15) is 9.59 Å². The van der Waals surface area contributed by atoms with Crippen LogP contribution in [-0.2, 0) is 11.3 Å². The van der Waals surface area contributed by atoms with Crippen molar-refractivity contribution in [3.8, 4) is 11.5 Å². The number of benzene rings is 1. The van der Waals surface area contributed by atoms with Crippen molar-refractivity contribution in [1.29, 1.82) is 0 Å². The summed E-state index contributed by atoms with van der Waals surface area (Å²) in [4.78, 5) is 33.8. The summed E-state index contributed by atoms with van der Waals surface area (Å²) in [5.41, 5.74) is 1.19. The van der Waals surface area contributed by atoms with Crippen molar-refractivity contribution in [3.63, 3.8) is 0 Å². The van der Waals surface area contributed by atoms with Gasteiger partial charge in [0.25, 0.3) is 5.56 Å². The molecule has 0 aliphatic heterocycles. The Bertz CT molecular complexity index is 1200. The Hall–Kier alpha value is -3.68. The molecule has 4 aromatic rings. The van der Waals surface area contributed by atoms with Crippen LogP contribution in [0.1, 0.15) is 28.7 Å². The summed E-state index contributed by atoms with van der Waals surface area (Å²) in [6.45, 7) is 3.63. The predicted octanol–water partition coefficient (Wildman–Crippen LogP) is 3.18. The van der Waals surface area contributed by atoms with Crippen LogP contribution in [0, 0.1) is 6.92 Å². The number of ether oxygens (including phenoxy) is 1. The maximum Gasteiger partial charge on any atom is 0.342 e. The first-order chi connectivity index (χ1) is 13.6. The van der Waals surface area contributed by atoms with E-state index < -0.39 is 11.5 Å². The molecular weight excluding hydrogens is 362 g/mol. The standard InChI is InChI=1S/C20H17N3O5/c1-3-26-20(25)15-12(2)28-18-16(15)19(24)23(11-21-18)9-14-10-27-17(22-14)13-7-5-4-6-8-13/h4-8,10-11H,3,9H2,1-2H3. The van der Waals surface area contributed by atoms with Gasteiger partial charge in [0.2, 0.25) is 11.6 Å². The van der Waals surface area contributed by atoms with E-state index in [0.29, 0.717) is 17.3 Å². The molecule has 8 heteroatoms. The van der Waals surface area contributed by atoms with Crippen LogP contribution in [0.15, 0.2) is 56.6 Å². The molecule has 0 radical (unpaired) electrons. The average Bonchev–Trinajstić information content (AvgIpc) is 3.29. The van der Waals surface area contributed by atoms with E-state index in [4.69, 9.17) is 13.6 Å². The van der Waals surface area contributed by atoms with Gasteiger partial charge in [-0.15, -0.1) is 0 Å². The lowest BCUT2D eigenvalue weighted by molar-refractivity contribution is 0.0526. The highest BCUT2D eigenvalue weighted by Crippen LogP contribution is 2.22. The molecular formula is C20H17N3O5. The molecule has 8 nitrogen and oxygen atoms in total. The molecule has 0 atom stereocenters. The van der Waals surface area contributed by atoms with Crippen LogP contribution in [0.25, 0.3) is 22.6 Å². The topological polar surface area (TPSA) is 100 Å². The first-order valence-electron chi connectivity index (χ1n) is 8.74. The monoisotopic (exact) mass is 379 g/mol. The minimum absolute atomic E-state index is 0.102. The number of hydrogen-bond donors (Lipinski definition) is 0. The van der Waals surface area contributed by atoms with Crippen LogP contribution in [0.2, 0.25) is 0 Å². The van der Waals surface area contributed by atoms with Crippen LogP contribution in [0.4, 0.5) is 0 Å². The molecule has 0 aliphatic carbocycles. The van der Waals surface area contributed by atoms with Crippen molar-refractivity contribution < 1.29 is 18.4 Å². The Morgan fingerprint density at radius 1 is 1.25 bits per heavy atom. The Kier molecular flexibility index (Phi) is 4.52. The maximum absolute atomic E-state index is 12.9. The fraction of sp³-hybridized carbons (Fsp3) is 0.200. The van der Waals surface area contributed by atoms with E-state index >= 15 is 0 Å². The number of carbonyl (C=O) groups excluding carboxylic acids is 1. The number of aryl methyl sites for hydroxylation is 1. The van der Waals surface area contributed by atoms with Gasteiger partial charge in [-0.2, -0.15) is 0 Å². The van der Waals surface area contributed by atoms with Crippen molar-refractivity contribution in [2.45, 2.75) is 20.4 Å². The molecule has 0 spiro atoms. The Labute approximate surface area is 159 Å². The summed E-state index contributed by atoms with van der Waals surface area (Å²) < 4.78 is 17.4. The van der Waals surface area contributed by atoms with Gasteiger partial charge in [-0.3, -0.25) is 9.36 Å². The Morgan fingerprint density at radius 3 is 2.79 bits per heavy atom. The molecule has 0 fully saturated rings. The third kappa shape index (κ3) is 3.09. The van der Waals surface area contributed by atoms with Gasteiger partial charge in [0.1, 0.15) is 29.3 Å². The summed E-state index contributed by atoms with van der Waals surface area (Å²) in [6.07, 6.45) is 2.85. The zero-order valence-corrected chi connectivity index (χ0v) is 15.3. The van der Waals surface area contributed by atoms with Crippen molar-refractivity contribution in [2.75, 3.05) is 6.61 Å².